The van der Waals surface area contributed by atoms with Gasteiger partial charge in [0, 0.05) is 19.6 Å². The summed E-state index contributed by atoms with van der Waals surface area (Å²) in [5.74, 6) is -0.226. The van der Waals surface area contributed by atoms with E-state index in [-0.39, 0.29) is 11.9 Å². The minimum atomic E-state index is -0.226. The molecule has 0 heterocycles. The van der Waals surface area contributed by atoms with Gasteiger partial charge >= 0.3 is 0 Å². The third-order valence-corrected chi connectivity index (χ3v) is 3.58. The molecule has 0 aliphatic rings. The van der Waals surface area contributed by atoms with Crippen molar-refractivity contribution in [2.24, 2.45) is 5.73 Å². The molecule has 0 radical (unpaired) electrons. The minimum Gasteiger partial charge on any atom is -0.368 e. The summed E-state index contributed by atoms with van der Waals surface area (Å²) in [7, 11) is 1.90. The maximum atomic E-state index is 14.2. The molecule has 0 spiro atoms. The molecule has 106 valence electrons. The van der Waals surface area contributed by atoms with E-state index in [1.807, 2.05) is 37.1 Å². The van der Waals surface area contributed by atoms with E-state index in [1.54, 1.807) is 6.07 Å². The Morgan fingerprint density at radius 1 is 1.20 bits per heavy atom. The van der Waals surface area contributed by atoms with Crippen LogP contribution >= 0.6 is 0 Å². The van der Waals surface area contributed by atoms with Crippen LogP contribution in [0.5, 0.6) is 0 Å². The van der Waals surface area contributed by atoms with Gasteiger partial charge in [0.2, 0.25) is 0 Å². The maximum absolute atomic E-state index is 14.2. The lowest BCUT2D eigenvalue weighted by molar-refractivity contribution is 0.617. The molecule has 0 fully saturated rings. The van der Waals surface area contributed by atoms with Crippen molar-refractivity contribution in [3.05, 3.63) is 65.0 Å². The number of anilines is 1. The Kier molecular flexibility index (Phi) is 4.40. The van der Waals surface area contributed by atoms with Crippen LogP contribution in [-0.2, 0) is 6.54 Å². The first kappa shape index (κ1) is 14.5. The highest BCUT2D eigenvalue weighted by molar-refractivity contribution is 5.49. The van der Waals surface area contributed by atoms with Crippen LogP contribution in [0.4, 0.5) is 10.1 Å². The molecule has 0 bridgehead atoms. The molecule has 0 aliphatic heterocycles. The predicted molar refractivity (Wildman–Crippen MR) is 82.3 cm³/mol. The lowest BCUT2D eigenvalue weighted by atomic mass is 10.1. The van der Waals surface area contributed by atoms with Gasteiger partial charge in [-0.05, 0) is 42.7 Å². The fourth-order valence-corrected chi connectivity index (χ4v) is 2.24. The van der Waals surface area contributed by atoms with Crippen molar-refractivity contribution in [1.29, 1.82) is 0 Å². The lowest BCUT2D eigenvalue weighted by Gasteiger charge is -2.22. The number of nitrogens with zero attached hydrogens (tertiary/aromatic N) is 1. The SMILES string of the molecule is Cc1ccccc1CN(C)c1ccc([C@@H](C)N)cc1F. The summed E-state index contributed by atoms with van der Waals surface area (Å²) in [5.41, 5.74) is 9.60. The normalized spacial score (nSPS) is 12.2. The Labute approximate surface area is 120 Å². The number of benzene rings is 2. The van der Waals surface area contributed by atoms with Crippen LogP contribution in [0.15, 0.2) is 42.5 Å². The molecule has 2 nitrogen and oxygen atoms in total. The number of halogens is 1. The molecule has 2 rings (SSSR count). The van der Waals surface area contributed by atoms with Gasteiger partial charge in [-0.15, -0.1) is 0 Å². The summed E-state index contributed by atoms with van der Waals surface area (Å²) < 4.78 is 14.2. The van der Waals surface area contributed by atoms with Crippen LogP contribution in [-0.4, -0.2) is 7.05 Å². The largest absolute Gasteiger partial charge is 0.368 e. The number of nitrogens with two attached hydrogens (primary N) is 1. The number of hydrogen-bond acceptors (Lipinski definition) is 2. The highest BCUT2D eigenvalue weighted by Crippen LogP contribution is 2.23. The Morgan fingerprint density at radius 3 is 2.50 bits per heavy atom. The quantitative estimate of drug-likeness (QED) is 0.917. The molecule has 0 aliphatic carbocycles. The molecule has 2 N–H and O–H groups in total. The molecule has 0 saturated carbocycles. The van der Waals surface area contributed by atoms with Gasteiger partial charge in [0.15, 0.2) is 0 Å². The molecule has 20 heavy (non-hydrogen) atoms. The molecule has 3 heteroatoms. The molecular weight excluding hydrogens is 251 g/mol. The van der Waals surface area contributed by atoms with Crippen molar-refractivity contribution in [2.45, 2.75) is 26.4 Å². The zero-order valence-electron chi connectivity index (χ0n) is 12.2. The zero-order valence-corrected chi connectivity index (χ0v) is 12.2. The van der Waals surface area contributed by atoms with E-state index in [1.165, 1.54) is 17.2 Å². The Hall–Kier alpha value is -1.87. The summed E-state index contributed by atoms with van der Waals surface area (Å²) in [6, 6.07) is 13.2. The first-order valence-corrected chi connectivity index (χ1v) is 6.79. The fourth-order valence-electron chi connectivity index (χ4n) is 2.24. The van der Waals surface area contributed by atoms with E-state index in [2.05, 4.69) is 19.1 Å². The highest BCUT2D eigenvalue weighted by atomic mass is 19.1. The zero-order chi connectivity index (χ0) is 14.7. The van der Waals surface area contributed by atoms with Gasteiger partial charge in [-0.25, -0.2) is 4.39 Å². The van der Waals surface area contributed by atoms with Crippen LogP contribution < -0.4 is 10.6 Å². The Balaban J connectivity index is 2.21. The number of rotatable bonds is 4. The van der Waals surface area contributed by atoms with Crippen molar-refractivity contribution in [1.82, 2.24) is 0 Å². The van der Waals surface area contributed by atoms with E-state index < -0.39 is 0 Å². The van der Waals surface area contributed by atoms with Gasteiger partial charge in [0.05, 0.1) is 5.69 Å². The average molecular weight is 272 g/mol. The first-order chi connectivity index (χ1) is 9.49. The van der Waals surface area contributed by atoms with Gasteiger partial charge in [-0.2, -0.15) is 0 Å². The van der Waals surface area contributed by atoms with Gasteiger partial charge in [-0.1, -0.05) is 30.3 Å². The monoisotopic (exact) mass is 272 g/mol. The van der Waals surface area contributed by atoms with Crippen LogP contribution in [0.25, 0.3) is 0 Å². The van der Waals surface area contributed by atoms with Crippen molar-refractivity contribution in [3.63, 3.8) is 0 Å². The number of aryl methyl sites for hydroxylation is 1. The predicted octanol–water partition coefficient (Wildman–Crippen LogP) is 3.79. The van der Waals surface area contributed by atoms with Crippen molar-refractivity contribution in [2.75, 3.05) is 11.9 Å². The maximum Gasteiger partial charge on any atom is 0.146 e. The van der Waals surface area contributed by atoms with E-state index in [0.29, 0.717) is 12.2 Å². The molecule has 0 aromatic heterocycles. The van der Waals surface area contributed by atoms with Crippen LogP contribution in [0.2, 0.25) is 0 Å². The molecule has 0 unspecified atom stereocenters. The summed E-state index contributed by atoms with van der Waals surface area (Å²) >= 11 is 0. The standard InChI is InChI=1S/C17H21FN2/c1-12-6-4-5-7-15(12)11-20(3)17-9-8-14(13(2)19)10-16(17)18/h4-10,13H,11,19H2,1-3H3/t13-/m1/s1. The molecule has 0 amide bonds. The van der Waals surface area contributed by atoms with Crippen LogP contribution in [0, 0.1) is 12.7 Å². The van der Waals surface area contributed by atoms with E-state index in [9.17, 15) is 4.39 Å². The third kappa shape index (κ3) is 3.17. The lowest BCUT2D eigenvalue weighted by Crippen LogP contribution is -2.18. The fraction of sp³-hybridized carbons (Fsp3) is 0.294. The van der Waals surface area contributed by atoms with E-state index in [4.69, 9.17) is 5.73 Å². The van der Waals surface area contributed by atoms with Crippen LogP contribution in [0.3, 0.4) is 0 Å². The van der Waals surface area contributed by atoms with Crippen LogP contribution in [0.1, 0.15) is 29.7 Å². The van der Waals surface area contributed by atoms with Gasteiger partial charge < -0.3 is 10.6 Å². The van der Waals surface area contributed by atoms with Crippen molar-refractivity contribution in [3.8, 4) is 0 Å². The van der Waals surface area contributed by atoms with E-state index >= 15 is 0 Å². The molecular formula is C17H21FN2. The molecule has 0 saturated heterocycles. The second-order valence-corrected chi connectivity index (χ2v) is 5.28. The minimum absolute atomic E-state index is 0.153. The average Bonchev–Trinajstić information content (AvgIpc) is 2.41. The van der Waals surface area contributed by atoms with E-state index in [0.717, 1.165) is 5.56 Å². The molecule has 2 aromatic carbocycles. The summed E-state index contributed by atoms with van der Waals surface area (Å²) in [5, 5.41) is 0. The Bertz CT molecular complexity index is 593. The third-order valence-electron chi connectivity index (χ3n) is 3.58. The summed E-state index contributed by atoms with van der Waals surface area (Å²) in [4.78, 5) is 1.92. The van der Waals surface area contributed by atoms with Gasteiger partial charge in [0.25, 0.3) is 0 Å². The number of hydrogen-bond donors (Lipinski definition) is 1. The van der Waals surface area contributed by atoms with Crippen molar-refractivity contribution < 1.29 is 4.39 Å². The van der Waals surface area contributed by atoms with Gasteiger partial charge in [0.1, 0.15) is 5.82 Å². The second-order valence-electron chi connectivity index (χ2n) is 5.28. The molecule has 2 aromatic rings. The molecule has 1 atom stereocenters. The second kappa shape index (κ2) is 6.06. The topological polar surface area (TPSA) is 29.3 Å². The first-order valence-electron chi connectivity index (χ1n) is 6.79. The van der Waals surface area contributed by atoms with Crippen molar-refractivity contribution >= 4 is 5.69 Å². The Morgan fingerprint density at radius 2 is 1.90 bits per heavy atom. The smallest absolute Gasteiger partial charge is 0.146 e. The van der Waals surface area contributed by atoms with Gasteiger partial charge in [-0.3, -0.25) is 0 Å². The summed E-state index contributed by atoms with van der Waals surface area (Å²) in [6.07, 6.45) is 0. The summed E-state index contributed by atoms with van der Waals surface area (Å²) in [6.45, 7) is 4.60. The highest BCUT2D eigenvalue weighted by Gasteiger charge is 2.11.